The molecule has 7 rings (SSSR count). The van der Waals surface area contributed by atoms with E-state index in [9.17, 15) is 22.0 Å². The molecule has 3 aromatic carbocycles. The first-order valence-corrected chi connectivity index (χ1v) is 21.5. The van der Waals surface area contributed by atoms with Crippen molar-refractivity contribution >= 4 is 50.6 Å². The van der Waals surface area contributed by atoms with E-state index in [1.54, 1.807) is 32.2 Å². The van der Waals surface area contributed by atoms with Crippen LogP contribution in [-0.4, -0.2) is 74.7 Å². The normalized spacial score (nSPS) is 16.0. The number of fused-ring (bicyclic) bond motifs is 1. The molecular formula is C43H47F2N7O5S. The average molecular weight is 812 g/mol. The van der Waals surface area contributed by atoms with E-state index in [1.807, 2.05) is 41.1 Å². The number of carbonyl (C=O) groups is 1. The number of benzene rings is 3. The Labute approximate surface area is 336 Å². The Balaban J connectivity index is 1.18. The smallest absolute Gasteiger partial charge is 0.259 e. The van der Waals surface area contributed by atoms with Gasteiger partial charge in [0.1, 0.15) is 50.3 Å². The Bertz CT molecular complexity index is 2480. The summed E-state index contributed by atoms with van der Waals surface area (Å²) >= 11 is 0. The van der Waals surface area contributed by atoms with Gasteiger partial charge in [-0.2, -0.15) is 0 Å². The van der Waals surface area contributed by atoms with Crippen LogP contribution in [0.15, 0.2) is 82.9 Å². The van der Waals surface area contributed by atoms with Crippen molar-refractivity contribution in [2.75, 3.05) is 54.3 Å². The van der Waals surface area contributed by atoms with Crippen LogP contribution in [-0.2, 0) is 16.3 Å². The van der Waals surface area contributed by atoms with E-state index in [4.69, 9.17) is 19.5 Å². The number of methoxy groups -OCH3 is 1. The molecular weight excluding hydrogens is 765 g/mol. The third-order valence-corrected chi connectivity index (χ3v) is 11.6. The van der Waals surface area contributed by atoms with Gasteiger partial charge in [0.05, 0.1) is 42.1 Å². The Hall–Kier alpha value is -5.83. The number of hydrogen-bond donors (Lipinski definition) is 2. The van der Waals surface area contributed by atoms with Crippen LogP contribution in [0.25, 0.3) is 16.9 Å². The van der Waals surface area contributed by atoms with Gasteiger partial charge >= 0.3 is 0 Å². The van der Waals surface area contributed by atoms with Gasteiger partial charge < -0.3 is 29.4 Å². The SMILES string of the molecule is CCOc1ccc(-c2nc3ccccn3c2C2CC=NC(Nc3cc(CC)c(N4CCC(CCS(C)(=O)=O)CC4)cc3OC)=N2)cc1C(=O)Nc1c(F)cccc1F. The number of aromatic nitrogens is 2. The zero-order valence-corrected chi connectivity index (χ0v) is 33.8. The molecule has 1 unspecified atom stereocenters. The van der Waals surface area contributed by atoms with E-state index in [1.165, 1.54) is 12.3 Å². The van der Waals surface area contributed by atoms with Crippen molar-refractivity contribution in [2.24, 2.45) is 15.9 Å². The monoisotopic (exact) mass is 811 g/mol. The van der Waals surface area contributed by atoms with E-state index < -0.39 is 39.1 Å². The highest BCUT2D eigenvalue weighted by atomic mass is 32.2. The number of rotatable bonds is 13. The lowest BCUT2D eigenvalue weighted by atomic mass is 9.93. The molecule has 2 N–H and O–H groups in total. The number of guanidine groups is 1. The van der Waals surface area contributed by atoms with Crippen LogP contribution in [0.3, 0.4) is 0 Å². The van der Waals surface area contributed by atoms with E-state index in [0.29, 0.717) is 47.4 Å². The number of pyridine rings is 1. The fourth-order valence-electron chi connectivity index (χ4n) is 7.61. The fourth-order valence-corrected chi connectivity index (χ4v) is 8.37. The lowest BCUT2D eigenvalue weighted by Crippen LogP contribution is -2.34. The van der Waals surface area contributed by atoms with Crippen LogP contribution in [0, 0.1) is 17.6 Å². The minimum absolute atomic E-state index is 0.0830. The van der Waals surface area contributed by atoms with Crippen molar-refractivity contribution in [2.45, 2.75) is 52.0 Å². The number of nitrogens with zero attached hydrogens (tertiary/aromatic N) is 5. The highest BCUT2D eigenvalue weighted by Gasteiger charge is 2.28. The number of ether oxygens (including phenoxy) is 2. The summed E-state index contributed by atoms with van der Waals surface area (Å²) in [5.41, 5.74) is 5.05. The summed E-state index contributed by atoms with van der Waals surface area (Å²) in [4.78, 5) is 30.6. The Morgan fingerprint density at radius 1 is 0.983 bits per heavy atom. The van der Waals surface area contributed by atoms with Crippen molar-refractivity contribution in [1.29, 1.82) is 0 Å². The number of aliphatic imine (C=N–C) groups is 2. The summed E-state index contributed by atoms with van der Waals surface area (Å²) in [6, 6.07) is 17.8. The summed E-state index contributed by atoms with van der Waals surface area (Å²) in [5.74, 6) is -0.660. The van der Waals surface area contributed by atoms with E-state index in [2.05, 4.69) is 33.5 Å². The second-order valence-electron chi connectivity index (χ2n) is 14.5. The molecule has 0 bridgehead atoms. The number of carbonyl (C=O) groups excluding carboxylic acids is 1. The van der Waals surface area contributed by atoms with E-state index in [0.717, 1.165) is 67.1 Å². The average Bonchev–Trinajstić information content (AvgIpc) is 3.61. The first-order chi connectivity index (χ1) is 28.0. The van der Waals surface area contributed by atoms with Crippen molar-refractivity contribution in [3.8, 4) is 22.8 Å². The maximum Gasteiger partial charge on any atom is 0.259 e. The maximum atomic E-state index is 14.6. The number of anilines is 3. The van der Waals surface area contributed by atoms with Crippen molar-refractivity contribution in [1.82, 2.24) is 9.38 Å². The molecule has 1 saturated heterocycles. The highest BCUT2D eigenvalue weighted by molar-refractivity contribution is 7.90. The minimum Gasteiger partial charge on any atom is -0.494 e. The van der Waals surface area contributed by atoms with Crippen LogP contribution in [0.4, 0.5) is 25.8 Å². The standard InChI is InChI=1S/C43H47F2N7O5S/c1-5-28-25-34(37(56-3)26-35(28)51-21-16-27(17-22-51)18-23-58(4,54)55)48-43-46-19-15-33(47-43)41-39(49-38-12-7-8-20-52(38)41)29-13-14-36(57-6-2)30(24-29)42(53)50-40-31(44)10-9-11-32(40)45/h7-14,19-20,24-27,33H,5-6,15-18,21-23H2,1-4H3,(H,47,48)(H,50,53). The molecule has 0 radical (unpaired) electrons. The number of sulfone groups is 1. The van der Waals surface area contributed by atoms with Gasteiger partial charge in [-0.1, -0.05) is 19.1 Å². The summed E-state index contributed by atoms with van der Waals surface area (Å²) in [7, 11) is -1.35. The first kappa shape index (κ1) is 40.4. The van der Waals surface area contributed by atoms with Gasteiger partial charge in [-0.25, -0.2) is 32.2 Å². The topological polar surface area (TPSA) is 139 Å². The summed E-state index contributed by atoms with van der Waals surface area (Å²) < 4.78 is 66.2. The fraction of sp³-hybridized carbons (Fsp3) is 0.349. The van der Waals surface area contributed by atoms with Gasteiger partial charge in [0.15, 0.2) is 0 Å². The second kappa shape index (κ2) is 17.3. The predicted octanol–water partition coefficient (Wildman–Crippen LogP) is 8.14. The van der Waals surface area contributed by atoms with Crippen LogP contribution in [0.5, 0.6) is 11.5 Å². The summed E-state index contributed by atoms with van der Waals surface area (Å²) in [6.45, 7) is 5.83. The van der Waals surface area contributed by atoms with Gasteiger partial charge in [-0.15, -0.1) is 0 Å². The zero-order chi connectivity index (χ0) is 41.0. The van der Waals surface area contributed by atoms with Crippen molar-refractivity contribution < 1.29 is 31.5 Å². The van der Waals surface area contributed by atoms with Crippen molar-refractivity contribution in [3.05, 3.63) is 101 Å². The van der Waals surface area contributed by atoms with Crippen molar-refractivity contribution in [3.63, 3.8) is 0 Å². The van der Waals surface area contributed by atoms with Crippen LogP contribution in [0.1, 0.15) is 67.2 Å². The molecule has 1 fully saturated rings. The van der Waals surface area contributed by atoms with Gasteiger partial charge in [0.25, 0.3) is 5.91 Å². The van der Waals surface area contributed by atoms with Gasteiger partial charge in [0.2, 0.25) is 5.96 Å². The molecule has 2 aromatic heterocycles. The highest BCUT2D eigenvalue weighted by Crippen LogP contribution is 2.39. The summed E-state index contributed by atoms with van der Waals surface area (Å²) in [6.07, 6.45) is 8.81. The van der Waals surface area contributed by atoms with E-state index >= 15 is 0 Å². The lowest BCUT2D eigenvalue weighted by Gasteiger charge is -2.35. The molecule has 2 aliphatic rings. The van der Waals surface area contributed by atoms with Gasteiger partial charge in [-0.3, -0.25) is 4.79 Å². The number of para-hydroxylation sites is 1. The predicted molar refractivity (Wildman–Crippen MR) is 225 cm³/mol. The van der Waals surface area contributed by atoms with Crippen LogP contribution in [0.2, 0.25) is 0 Å². The molecule has 0 saturated carbocycles. The Morgan fingerprint density at radius 3 is 2.47 bits per heavy atom. The largest absolute Gasteiger partial charge is 0.494 e. The quantitative estimate of drug-likeness (QED) is 0.122. The minimum atomic E-state index is -2.98. The Kier molecular flexibility index (Phi) is 12.1. The number of nitrogens with one attached hydrogen (secondary N) is 2. The number of amides is 1. The molecule has 5 aromatic rings. The molecule has 4 heterocycles. The number of hydrogen-bond acceptors (Lipinski definition) is 10. The van der Waals surface area contributed by atoms with Crippen LogP contribution < -0.4 is 25.0 Å². The third-order valence-electron chi connectivity index (χ3n) is 10.6. The Morgan fingerprint density at radius 2 is 1.76 bits per heavy atom. The molecule has 1 atom stereocenters. The number of imidazole rings is 1. The zero-order valence-electron chi connectivity index (χ0n) is 33.0. The molecule has 0 spiro atoms. The molecule has 304 valence electrons. The van der Waals surface area contributed by atoms with E-state index in [-0.39, 0.29) is 23.7 Å². The lowest BCUT2D eigenvalue weighted by molar-refractivity contribution is 0.102. The van der Waals surface area contributed by atoms with Crippen LogP contribution >= 0.6 is 0 Å². The number of aryl methyl sites for hydroxylation is 1. The number of piperidine rings is 1. The molecule has 12 nitrogen and oxygen atoms in total. The molecule has 2 aliphatic heterocycles. The molecule has 58 heavy (non-hydrogen) atoms. The van der Waals surface area contributed by atoms with Gasteiger partial charge in [0, 0.05) is 55.5 Å². The molecule has 0 aliphatic carbocycles. The second-order valence-corrected chi connectivity index (χ2v) is 16.8. The molecule has 15 heteroatoms. The molecule has 1 amide bonds. The summed E-state index contributed by atoms with van der Waals surface area (Å²) in [5, 5.41) is 5.79. The number of halogens is 2. The van der Waals surface area contributed by atoms with Gasteiger partial charge in [-0.05, 0) is 92.6 Å². The maximum absolute atomic E-state index is 14.6. The first-order valence-electron chi connectivity index (χ1n) is 19.5. The third kappa shape index (κ3) is 8.84.